The first kappa shape index (κ1) is 14.7. The lowest BCUT2D eigenvalue weighted by Crippen LogP contribution is -2.52. The average molecular weight is 289 g/mol. The van der Waals surface area contributed by atoms with Crippen molar-refractivity contribution in [2.75, 3.05) is 38.5 Å². The molecule has 2 atom stereocenters. The summed E-state index contributed by atoms with van der Waals surface area (Å²) >= 11 is 0. The predicted molar refractivity (Wildman–Crippen MR) is 85.2 cm³/mol. The lowest BCUT2D eigenvalue weighted by Gasteiger charge is -2.45. The monoisotopic (exact) mass is 289 g/mol. The molecule has 1 aromatic rings. The second kappa shape index (κ2) is 6.71. The smallest absolute Gasteiger partial charge is 0.144 e. The average Bonchev–Trinajstić information content (AvgIpc) is 2.50. The Hall–Kier alpha value is -1.20. The van der Waals surface area contributed by atoms with Gasteiger partial charge in [-0.05, 0) is 45.7 Å². The van der Waals surface area contributed by atoms with E-state index in [1.54, 1.807) is 0 Å². The van der Waals surface area contributed by atoms with Crippen molar-refractivity contribution in [1.82, 2.24) is 19.8 Å². The SMILES string of the molecule is CCNc1cnc(CN2CCC3C(CCCN3C)C2)cn1. The summed E-state index contributed by atoms with van der Waals surface area (Å²) in [6, 6.07) is 0.803. The lowest BCUT2D eigenvalue weighted by atomic mass is 9.84. The number of aromatic nitrogens is 2. The maximum Gasteiger partial charge on any atom is 0.144 e. The first-order valence-corrected chi connectivity index (χ1v) is 8.23. The number of nitrogens with one attached hydrogen (secondary N) is 1. The highest BCUT2D eigenvalue weighted by molar-refractivity contribution is 5.30. The van der Waals surface area contributed by atoms with Gasteiger partial charge in [0.25, 0.3) is 0 Å². The van der Waals surface area contributed by atoms with Crippen molar-refractivity contribution in [1.29, 1.82) is 0 Å². The molecule has 1 N–H and O–H groups in total. The minimum Gasteiger partial charge on any atom is -0.369 e. The van der Waals surface area contributed by atoms with E-state index in [0.717, 1.165) is 36.6 Å². The van der Waals surface area contributed by atoms with E-state index in [1.807, 2.05) is 12.4 Å². The van der Waals surface area contributed by atoms with Crippen LogP contribution in [0.25, 0.3) is 0 Å². The second-order valence-electron chi connectivity index (χ2n) is 6.40. The Morgan fingerprint density at radius 3 is 2.90 bits per heavy atom. The fourth-order valence-electron chi connectivity index (χ4n) is 3.81. The van der Waals surface area contributed by atoms with E-state index in [-0.39, 0.29) is 0 Å². The molecule has 116 valence electrons. The number of hydrogen-bond donors (Lipinski definition) is 1. The molecule has 1 aromatic heterocycles. The Kier molecular flexibility index (Phi) is 4.70. The Morgan fingerprint density at radius 2 is 2.14 bits per heavy atom. The normalized spacial score (nSPS) is 27.3. The van der Waals surface area contributed by atoms with Gasteiger partial charge in [-0.15, -0.1) is 0 Å². The summed E-state index contributed by atoms with van der Waals surface area (Å²) in [7, 11) is 2.29. The van der Waals surface area contributed by atoms with Gasteiger partial charge in [-0.1, -0.05) is 0 Å². The molecule has 0 bridgehead atoms. The van der Waals surface area contributed by atoms with Gasteiger partial charge in [0.2, 0.25) is 0 Å². The van der Waals surface area contributed by atoms with Crippen LogP contribution in [0, 0.1) is 5.92 Å². The maximum absolute atomic E-state index is 4.53. The molecule has 2 aliphatic rings. The van der Waals surface area contributed by atoms with Crippen LogP contribution in [0.1, 0.15) is 31.9 Å². The topological polar surface area (TPSA) is 44.3 Å². The number of nitrogens with zero attached hydrogens (tertiary/aromatic N) is 4. The quantitative estimate of drug-likeness (QED) is 0.916. The number of hydrogen-bond acceptors (Lipinski definition) is 5. The van der Waals surface area contributed by atoms with Crippen LogP contribution < -0.4 is 5.32 Å². The highest BCUT2D eigenvalue weighted by Crippen LogP contribution is 2.29. The summed E-state index contributed by atoms with van der Waals surface area (Å²) in [5, 5.41) is 3.19. The van der Waals surface area contributed by atoms with Crippen molar-refractivity contribution in [2.24, 2.45) is 5.92 Å². The van der Waals surface area contributed by atoms with Gasteiger partial charge in [-0.25, -0.2) is 4.98 Å². The van der Waals surface area contributed by atoms with Gasteiger partial charge in [0.1, 0.15) is 5.82 Å². The second-order valence-corrected chi connectivity index (χ2v) is 6.40. The molecule has 2 fully saturated rings. The number of likely N-dealkylation sites (tertiary alicyclic amines) is 2. The summed E-state index contributed by atoms with van der Waals surface area (Å²) in [5.41, 5.74) is 1.08. The molecular formula is C16H27N5. The van der Waals surface area contributed by atoms with E-state index >= 15 is 0 Å². The van der Waals surface area contributed by atoms with Crippen molar-refractivity contribution in [3.63, 3.8) is 0 Å². The van der Waals surface area contributed by atoms with Crippen LogP contribution in [0.15, 0.2) is 12.4 Å². The Labute approximate surface area is 127 Å². The summed E-state index contributed by atoms with van der Waals surface area (Å²) < 4.78 is 0. The molecular weight excluding hydrogens is 262 g/mol. The van der Waals surface area contributed by atoms with Crippen LogP contribution in [-0.4, -0.2) is 59.0 Å². The highest BCUT2D eigenvalue weighted by Gasteiger charge is 2.34. The summed E-state index contributed by atoms with van der Waals surface area (Å²) in [4.78, 5) is 14.1. The van der Waals surface area contributed by atoms with Crippen LogP contribution in [0.3, 0.4) is 0 Å². The van der Waals surface area contributed by atoms with Gasteiger partial charge in [0, 0.05) is 32.2 Å². The molecule has 0 saturated carbocycles. The van der Waals surface area contributed by atoms with Crippen molar-refractivity contribution < 1.29 is 0 Å². The predicted octanol–water partition coefficient (Wildman–Crippen LogP) is 1.82. The lowest BCUT2D eigenvalue weighted by molar-refractivity contribution is 0.0350. The zero-order valence-electron chi connectivity index (χ0n) is 13.3. The molecule has 2 aliphatic heterocycles. The first-order chi connectivity index (χ1) is 10.3. The number of rotatable bonds is 4. The molecule has 5 heteroatoms. The van der Waals surface area contributed by atoms with Crippen LogP contribution in [0.4, 0.5) is 5.82 Å². The van der Waals surface area contributed by atoms with E-state index in [2.05, 4.69) is 39.1 Å². The minimum atomic E-state index is 0.803. The van der Waals surface area contributed by atoms with Crippen LogP contribution >= 0.6 is 0 Å². The summed E-state index contributed by atoms with van der Waals surface area (Å²) in [5.74, 6) is 1.71. The van der Waals surface area contributed by atoms with Crippen molar-refractivity contribution in [3.8, 4) is 0 Å². The molecule has 2 saturated heterocycles. The summed E-state index contributed by atoms with van der Waals surface area (Å²) in [6.45, 7) is 7.57. The van der Waals surface area contributed by atoms with Crippen LogP contribution in [-0.2, 0) is 6.54 Å². The molecule has 0 radical (unpaired) electrons. The zero-order valence-corrected chi connectivity index (χ0v) is 13.3. The van der Waals surface area contributed by atoms with Gasteiger partial charge in [-0.3, -0.25) is 9.88 Å². The maximum atomic E-state index is 4.53. The molecule has 3 heterocycles. The fraction of sp³-hybridized carbons (Fsp3) is 0.750. The standard InChI is InChI=1S/C16H27N5/c1-3-17-16-10-18-14(9-19-16)12-21-8-6-15-13(11-21)5-4-7-20(15)2/h9-10,13,15H,3-8,11-12H2,1-2H3,(H,17,19). The van der Waals surface area contributed by atoms with Gasteiger partial charge >= 0.3 is 0 Å². The Bertz CT molecular complexity index is 446. The fourth-order valence-corrected chi connectivity index (χ4v) is 3.81. The third-order valence-electron chi connectivity index (χ3n) is 4.88. The van der Waals surface area contributed by atoms with Gasteiger partial charge < -0.3 is 10.2 Å². The van der Waals surface area contributed by atoms with Gasteiger partial charge in [-0.2, -0.15) is 0 Å². The third-order valence-corrected chi connectivity index (χ3v) is 4.88. The number of anilines is 1. The minimum absolute atomic E-state index is 0.803. The van der Waals surface area contributed by atoms with Crippen LogP contribution in [0.2, 0.25) is 0 Å². The van der Waals surface area contributed by atoms with E-state index in [9.17, 15) is 0 Å². The molecule has 3 rings (SSSR count). The number of piperidine rings is 2. The molecule has 5 nitrogen and oxygen atoms in total. The van der Waals surface area contributed by atoms with E-state index in [0.29, 0.717) is 0 Å². The van der Waals surface area contributed by atoms with Gasteiger partial charge in [0.05, 0.1) is 18.1 Å². The van der Waals surface area contributed by atoms with Crippen molar-refractivity contribution >= 4 is 5.82 Å². The zero-order chi connectivity index (χ0) is 14.7. The van der Waals surface area contributed by atoms with E-state index in [1.165, 1.54) is 38.9 Å². The molecule has 0 aromatic carbocycles. The molecule has 21 heavy (non-hydrogen) atoms. The van der Waals surface area contributed by atoms with Crippen LogP contribution in [0.5, 0.6) is 0 Å². The van der Waals surface area contributed by atoms with E-state index < -0.39 is 0 Å². The largest absolute Gasteiger partial charge is 0.369 e. The van der Waals surface area contributed by atoms with E-state index in [4.69, 9.17) is 0 Å². The Balaban J connectivity index is 1.56. The molecule has 0 aliphatic carbocycles. The van der Waals surface area contributed by atoms with Gasteiger partial charge in [0.15, 0.2) is 0 Å². The molecule has 2 unspecified atom stereocenters. The molecule has 0 spiro atoms. The van der Waals surface area contributed by atoms with Crippen molar-refractivity contribution in [3.05, 3.63) is 18.1 Å². The number of fused-ring (bicyclic) bond motifs is 1. The first-order valence-electron chi connectivity index (χ1n) is 8.23. The van der Waals surface area contributed by atoms with Crippen molar-refractivity contribution in [2.45, 2.75) is 38.8 Å². The Morgan fingerprint density at radius 1 is 1.24 bits per heavy atom. The highest BCUT2D eigenvalue weighted by atomic mass is 15.2. The summed E-state index contributed by atoms with van der Waals surface area (Å²) in [6.07, 6.45) is 7.79. The molecule has 0 amide bonds. The third kappa shape index (κ3) is 3.52.